The van der Waals surface area contributed by atoms with Crippen LogP contribution in [0.15, 0.2) is 18.3 Å². The average molecular weight is 233 g/mol. The molecule has 1 aliphatic rings. The van der Waals surface area contributed by atoms with Gasteiger partial charge in [0.05, 0.1) is 11.4 Å². The highest BCUT2D eigenvalue weighted by Gasteiger charge is 2.21. The van der Waals surface area contributed by atoms with Crippen molar-refractivity contribution in [2.24, 2.45) is 0 Å². The van der Waals surface area contributed by atoms with Crippen LogP contribution in [0.1, 0.15) is 32.4 Å². The molecule has 0 spiro atoms. The number of piperidine rings is 1. The lowest BCUT2D eigenvalue weighted by atomic mass is 10.0. The molecule has 17 heavy (non-hydrogen) atoms. The highest BCUT2D eigenvalue weighted by atomic mass is 15.2. The Kier molecular flexibility index (Phi) is 4.37. The number of aromatic nitrogens is 1. The van der Waals surface area contributed by atoms with Gasteiger partial charge in [0.25, 0.3) is 0 Å². The van der Waals surface area contributed by atoms with Crippen LogP contribution in [0.25, 0.3) is 0 Å². The summed E-state index contributed by atoms with van der Waals surface area (Å²) in [4.78, 5) is 7.04. The number of hydrogen-bond acceptors (Lipinski definition) is 3. The van der Waals surface area contributed by atoms with Crippen molar-refractivity contribution in [3.8, 4) is 0 Å². The molecule has 0 bridgehead atoms. The highest BCUT2D eigenvalue weighted by Crippen LogP contribution is 2.24. The monoisotopic (exact) mass is 233 g/mol. The molecule has 1 N–H and O–H groups in total. The van der Waals surface area contributed by atoms with Gasteiger partial charge >= 0.3 is 0 Å². The summed E-state index contributed by atoms with van der Waals surface area (Å²) in [6.45, 7) is 7.78. The Balaban J connectivity index is 2.21. The van der Waals surface area contributed by atoms with Gasteiger partial charge in [-0.25, -0.2) is 0 Å². The fourth-order valence-electron chi connectivity index (χ4n) is 2.71. The van der Waals surface area contributed by atoms with Crippen LogP contribution in [0.3, 0.4) is 0 Å². The molecule has 0 unspecified atom stereocenters. The number of nitrogens with one attached hydrogen (secondary N) is 1. The standard InChI is InChI=1S/C14H23N3/c1-3-13-14(6-5-9-16-13)17(4-2)12-7-10-15-11-8-12/h5-6,9,12,15H,3-4,7-8,10-11H2,1-2H3. The predicted octanol–water partition coefficient (Wildman–Crippen LogP) is 2.22. The minimum atomic E-state index is 0.677. The van der Waals surface area contributed by atoms with Crippen molar-refractivity contribution >= 4 is 5.69 Å². The zero-order valence-electron chi connectivity index (χ0n) is 10.9. The van der Waals surface area contributed by atoms with E-state index in [1.807, 2.05) is 6.20 Å². The van der Waals surface area contributed by atoms with Crippen molar-refractivity contribution in [2.45, 2.75) is 39.2 Å². The summed E-state index contributed by atoms with van der Waals surface area (Å²) in [6.07, 6.45) is 5.40. The smallest absolute Gasteiger partial charge is 0.0634 e. The molecule has 2 heterocycles. The lowest BCUT2D eigenvalue weighted by Crippen LogP contribution is -2.43. The Labute approximate surface area is 104 Å². The van der Waals surface area contributed by atoms with Crippen LogP contribution in [0.4, 0.5) is 5.69 Å². The number of nitrogens with zero attached hydrogens (tertiary/aromatic N) is 2. The number of aryl methyl sites for hydroxylation is 1. The SMILES string of the molecule is CCc1ncccc1N(CC)C1CCNCC1. The molecule has 0 atom stereocenters. The Bertz CT molecular complexity index is 345. The van der Waals surface area contributed by atoms with Gasteiger partial charge in [0.15, 0.2) is 0 Å². The van der Waals surface area contributed by atoms with Gasteiger partial charge in [-0.2, -0.15) is 0 Å². The van der Waals surface area contributed by atoms with E-state index in [0.29, 0.717) is 6.04 Å². The summed E-state index contributed by atoms with van der Waals surface area (Å²) >= 11 is 0. The maximum atomic E-state index is 4.50. The molecular formula is C14H23N3. The molecule has 0 aliphatic carbocycles. The fraction of sp³-hybridized carbons (Fsp3) is 0.643. The molecule has 3 heteroatoms. The Morgan fingerprint density at radius 2 is 2.12 bits per heavy atom. The summed E-state index contributed by atoms with van der Waals surface area (Å²) in [5.74, 6) is 0. The van der Waals surface area contributed by atoms with E-state index in [2.05, 4.69) is 41.2 Å². The molecule has 1 aliphatic heterocycles. The quantitative estimate of drug-likeness (QED) is 0.864. The lowest BCUT2D eigenvalue weighted by Gasteiger charge is -2.36. The van der Waals surface area contributed by atoms with E-state index in [-0.39, 0.29) is 0 Å². The van der Waals surface area contributed by atoms with Gasteiger partial charge in [-0.3, -0.25) is 4.98 Å². The second-order valence-corrected chi connectivity index (χ2v) is 4.59. The first-order valence-corrected chi connectivity index (χ1v) is 6.78. The number of hydrogen-bond donors (Lipinski definition) is 1. The average Bonchev–Trinajstić information content (AvgIpc) is 2.41. The second-order valence-electron chi connectivity index (χ2n) is 4.59. The number of rotatable bonds is 4. The summed E-state index contributed by atoms with van der Waals surface area (Å²) in [5, 5.41) is 3.43. The first-order valence-electron chi connectivity index (χ1n) is 6.78. The lowest BCUT2D eigenvalue weighted by molar-refractivity contribution is 0.432. The Hall–Kier alpha value is -1.09. The third-order valence-corrected chi connectivity index (χ3v) is 3.60. The van der Waals surface area contributed by atoms with Crippen LogP contribution in [-0.2, 0) is 6.42 Å². The number of pyridine rings is 1. The van der Waals surface area contributed by atoms with Crippen molar-refractivity contribution in [1.82, 2.24) is 10.3 Å². The van der Waals surface area contributed by atoms with Gasteiger partial charge in [0.1, 0.15) is 0 Å². The summed E-state index contributed by atoms with van der Waals surface area (Å²) in [5.41, 5.74) is 2.57. The molecule has 1 aromatic rings. The van der Waals surface area contributed by atoms with Gasteiger partial charge in [0, 0.05) is 18.8 Å². The van der Waals surface area contributed by atoms with Crippen molar-refractivity contribution in [3.05, 3.63) is 24.0 Å². The fourth-order valence-corrected chi connectivity index (χ4v) is 2.71. The van der Waals surface area contributed by atoms with Crippen molar-refractivity contribution in [1.29, 1.82) is 0 Å². The van der Waals surface area contributed by atoms with Crippen LogP contribution >= 0.6 is 0 Å². The first-order chi connectivity index (χ1) is 8.36. The summed E-state index contributed by atoms with van der Waals surface area (Å²) < 4.78 is 0. The van der Waals surface area contributed by atoms with Gasteiger partial charge in [-0.05, 0) is 51.4 Å². The van der Waals surface area contributed by atoms with E-state index in [0.717, 1.165) is 26.1 Å². The van der Waals surface area contributed by atoms with Gasteiger partial charge < -0.3 is 10.2 Å². The molecule has 3 nitrogen and oxygen atoms in total. The molecule has 1 saturated heterocycles. The number of anilines is 1. The second kappa shape index (κ2) is 6.01. The summed E-state index contributed by atoms with van der Waals surface area (Å²) in [7, 11) is 0. The van der Waals surface area contributed by atoms with Crippen LogP contribution in [-0.4, -0.2) is 30.7 Å². The third-order valence-electron chi connectivity index (χ3n) is 3.60. The first kappa shape index (κ1) is 12.4. The molecule has 1 aromatic heterocycles. The molecule has 0 saturated carbocycles. The van der Waals surface area contributed by atoms with Crippen molar-refractivity contribution < 1.29 is 0 Å². The minimum Gasteiger partial charge on any atom is -0.367 e. The largest absolute Gasteiger partial charge is 0.367 e. The van der Waals surface area contributed by atoms with E-state index in [9.17, 15) is 0 Å². The molecule has 0 amide bonds. The predicted molar refractivity (Wildman–Crippen MR) is 72.5 cm³/mol. The van der Waals surface area contributed by atoms with Crippen LogP contribution in [0.2, 0.25) is 0 Å². The van der Waals surface area contributed by atoms with E-state index >= 15 is 0 Å². The van der Waals surface area contributed by atoms with Crippen LogP contribution in [0, 0.1) is 0 Å². The topological polar surface area (TPSA) is 28.2 Å². The van der Waals surface area contributed by atoms with Crippen molar-refractivity contribution in [2.75, 3.05) is 24.5 Å². The van der Waals surface area contributed by atoms with Crippen LogP contribution in [0.5, 0.6) is 0 Å². The van der Waals surface area contributed by atoms with Gasteiger partial charge in [0.2, 0.25) is 0 Å². The maximum absolute atomic E-state index is 4.50. The normalized spacial score (nSPS) is 17.1. The van der Waals surface area contributed by atoms with Gasteiger partial charge in [-0.1, -0.05) is 6.92 Å². The zero-order chi connectivity index (χ0) is 12.1. The van der Waals surface area contributed by atoms with Gasteiger partial charge in [-0.15, -0.1) is 0 Å². The Morgan fingerprint density at radius 3 is 2.76 bits per heavy atom. The van der Waals surface area contributed by atoms with E-state index in [4.69, 9.17) is 0 Å². The van der Waals surface area contributed by atoms with E-state index in [1.54, 1.807) is 0 Å². The minimum absolute atomic E-state index is 0.677. The zero-order valence-corrected chi connectivity index (χ0v) is 10.9. The molecule has 1 fully saturated rings. The van der Waals surface area contributed by atoms with Crippen molar-refractivity contribution in [3.63, 3.8) is 0 Å². The summed E-state index contributed by atoms with van der Waals surface area (Å²) in [6, 6.07) is 4.95. The molecule has 94 valence electrons. The molecule has 0 radical (unpaired) electrons. The highest BCUT2D eigenvalue weighted by molar-refractivity contribution is 5.51. The van der Waals surface area contributed by atoms with E-state index in [1.165, 1.54) is 24.2 Å². The van der Waals surface area contributed by atoms with E-state index < -0.39 is 0 Å². The third kappa shape index (κ3) is 2.78. The molecule has 0 aromatic carbocycles. The maximum Gasteiger partial charge on any atom is 0.0634 e. The molecular weight excluding hydrogens is 210 g/mol. The van der Waals surface area contributed by atoms with Crippen LogP contribution < -0.4 is 10.2 Å². The molecule has 2 rings (SSSR count). The Morgan fingerprint density at radius 1 is 1.35 bits per heavy atom.